The van der Waals surface area contributed by atoms with E-state index in [0.29, 0.717) is 11.0 Å². The van der Waals surface area contributed by atoms with Crippen LogP contribution in [-0.4, -0.2) is 22.6 Å². The van der Waals surface area contributed by atoms with Gasteiger partial charge in [0.25, 0.3) is 0 Å². The Labute approximate surface area is 114 Å². The van der Waals surface area contributed by atoms with Gasteiger partial charge in [-0.05, 0) is 51.7 Å². The number of pyridine rings is 1. The van der Waals surface area contributed by atoms with Gasteiger partial charge in [-0.25, -0.2) is 4.98 Å². The normalized spacial score (nSPS) is 14.9. The zero-order valence-corrected chi connectivity index (χ0v) is 12.1. The van der Waals surface area contributed by atoms with Crippen molar-refractivity contribution >= 4 is 23.0 Å². The molecule has 1 aliphatic rings. The van der Waals surface area contributed by atoms with Gasteiger partial charge in [-0.2, -0.15) is 0 Å². The molecular weight excluding hydrogens is 242 g/mol. The maximum absolute atomic E-state index is 5.73. The lowest BCUT2D eigenvalue weighted by Gasteiger charge is -2.28. The van der Waals surface area contributed by atoms with Crippen LogP contribution in [0.5, 0.6) is 0 Å². The molecule has 0 bridgehead atoms. The fourth-order valence-electron chi connectivity index (χ4n) is 2.09. The van der Waals surface area contributed by atoms with Crippen LogP contribution in [0.15, 0.2) is 12.1 Å². The second kappa shape index (κ2) is 5.22. The highest BCUT2D eigenvalue weighted by molar-refractivity contribution is 7.80. The van der Waals surface area contributed by atoms with E-state index in [-0.39, 0.29) is 0 Å². The summed E-state index contributed by atoms with van der Waals surface area (Å²) >= 11 is 5.07. The quantitative estimate of drug-likeness (QED) is 0.829. The first kappa shape index (κ1) is 13.3. The van der Waals surface area contributed by atoms with Crippen molar-refractivity contribution in [1.29, 1.82) is 0 Å². The Morgan fingerprint density at radius 1 is 1.50 bits per heavy atom. The van der Waals surface area contributed by atoms with Crippen molar-refractivity contribution in [2.24, 2.45) is 11.7 Å². The molecule has 3 nitrogen and oxygen atoms in total. The van der Waals surface area contributed by atoms with E-state index in [2.05, 4.69) is 23.7 Å². The van der Waals surface area contributed by atoms with Gasteiger partial charge in [0.15, 0.2) is 0 Å². The Hall–Kier alpha value is -1.16. The summed E-state index contributed by atoms with van der Waals surface area (Å²) in [5, 5.41) is 0. The summed E-state index contributed by atoms with van der Waals surface area (Å²) in [4.78, 5) is 7.42. The van der Waals surface area contributed by atoms with Gasteiger partial charge in [-0.3, -0.25) is 0 Å². The number of rotatable bonds is 5. The minimum Gasteiger partial charge on any atom is -0.389 e. The maximum atomic E-state index is 5.73. The zero-order valence-electron chi connectivity index (χ0n) is 11.3. The van der Waals surface area contributed by atoms with Crippen LogP contribution in [0.1, 0.15) is 37.9 Å². The van der Waals surface area contributed by atoms with Crippen LogP contribution in [0.3, 0.4) is 0 Å². The molecule has 0 spiro atoms. The molecule has 4 heteroatoms. The average Bonchev–Trinajstić information content (AvgIpc) is 3.08. The molecule has 1 aromatic heterocycles. The molecule has 0 amide bonds. The topological polar surface area (TPSA) is 42.1 Å². The molecule has 1 aromatic rings. The lowest BCUT2D eigenvalue weighted by molar-refractivity contribution is 0.636. The summed E-state index contributed by atoms with van der Waals surface area (Å²) in [6.45, 7) is 7.48. The Bertz CT molecular complexity index is 452. The number of thiocarbonyl (C=S) groups is 1. The summed E-state index contributed by atoms with van der Waals surface area (Å²) in [6.07, 6.45) is 2.69. The van der Waals surface area contributed by atoms with E-state index < -0.39 is 0 Å². The first-order valence-corrected chi connectivity index (χ1v) is 6.93. The molecule has 0 unspecified atom stereocenters. The summed E-state index contributed by atoms with van der Waals surface area (Å²) in [7, 11) is 0. The highest BCUT2D eigenvalue weighted by atomic mass is 32.1. The lowest BCUT2D eigenvalue weighted by Crippen LogP contribution is -2.33. The van der Waals surface area contributed by atoms with Crippen LogP contribution in [0.2, 0.25) is 0 Å². The van der Waals surface area contributed by atoms with Gasteiger partial charge in [0.1, 0.15) is 10.8 Å². The molecule has 1 saturated carbocycles. The first-order valence-electron chi connectivity index (χ1n) is 6.52. The highest BCUT2D eigenvalue weighted by Gasteiger charge is 2.26. The Morgan fingerprint density at radius 2 is 2.17 bits per heavy atom. The predicted molar refractivity (Wildman–Crippen MR) is 80.1 cm³/mol. The van der Waals surface area contributed by atoms with Crippen LogP contribution in [0.4, 0.5) is 5.82 Å². The molecule has 0 aromatic carbocycles. The van der Waals surface area contributed by atoms with Gasteiger partial charge < -0.3 is 10.6 Å². The van der Waals surface area contributed by atoms with Crippen molar-refractivity contribution in [3.8, 4) is 0 Å². The van der Waals surface area contributed by atoms with Crippen molar-refractivity contribution in [1.82, 2.24) is 4.98 Å². The van der Waals surface area contributed by atoms with Gasteiger partial charge >= 0.3 is 0 Å². The summed E-state index contributed by atoms with van der Waals surface area (Å²) < 4.78 is 0. The van der Waals surface area contributed by atoms with E-state index in [1.807, 2.05) is 19.1 Å². The zero-order chi connectivity index (χ0) is 13.3. The molecule has 18 heavy (non-hydrogen) atoms. The highest BCUT2D eigenvalue weighted by Crippen LogP contribution is 2.32. The molecule has 0 aliphatic heterocycles. The van der Waals surface area contributed by atoms with Gasteiger partial charge in [0, 0.05) is 23.8 Å². The van der Waals surface area contributed by atoms with Crippen LogP contribution in [0.25, 0.3) is 0 Å². The number of aryl methyl sites for hydroxylation is 1. The largest absolute Gasteiger partial charge is 0.389 e. The first-order chi connectivity index (χ1) is 8.47. The maximum Gasteiger partial charge on any atom is 0.129 e. The third-order valence-corrected chi connectivity index (χ3v) is 3.53. The Morgan fingerprint density at radius 3 is 2.67 bits per heavy atom. The van der Waals surface area contributed by atoms with Crippen LogP contribution in [-0.2, 0) is 0 Å². The minimum absolute atomic E-state index is 0.442. The summed E-state index contributed by atoms with van der Waals surface area (Å²) in [5.41, 5.74) is 7.61. The van der Waals surface area contributed by atoms with Crippen molar-refractivity contribution in [3.63, 3.8) is 0 Å². The summed E-state index contributed by atoms with van der Waals surface area (Å²) in [5.74, 6) is 1.84. The molecule has 0 atom stereocenters. The Kier molecular flexibility index (Phi) is 3.85. The summed E-state index contributed by atoms with van der Waals surface area (Å²) in [6, 6.07) is 4.40. The monoisotopic (exact) mass is 263 g/mol. The van der Waals surface area contributed by atoms with E-state index in [0.717, 1.165) is 29.5 Å². The number of anilines is 1. The van der Waals surface area contributed by atoms with E-state index in [1.54, 1.807) is 0 Å². The molecule has 0 saturated heterocycles. The number of nitrogens with zero attached hydrogens (tertiary/aromatic N) is 2. The van der Waals surface area contributed by atoms with Crippen molar-refractivity contribution in [3.05, 3.63) is 23.4 Å². The standard InChI is InChI=1S/C14H21N3S/c1-9(2)17(8-11-4-5-11)13-7-12(14(15)18)6-10(3)16-13/h6-7,9,11H,4-5,8H2,1-3H3,(H2,15,18). The second-order valence-electron chi connectivity index (χ2n) is 5.41. The van der Waals surface area contributed by atoms with Gasteiger partial charge in [-0.1, -0.05) is 12.2 Å². The predicted octanol–water partition coefficient (Wildman–Crippen LogP) is 2.65. The molecular formula is C14H21N3S. The van der Waals surface area contributed by atoms with Crippen molar-refractivity contribution in [2.75, 3.05) is 11.4 Å². The van der Waals surface area contributed by atoms with E-state index in [4.69, 9.17) is 18.0 Å². The van der Waals surface area contributed by atoms with Crippen molar-refractivity contribution in [2.45, 2.75) is 39.7 Å². The molecule has 98 valence electrons. The van der Waals surface area contributed by atoms with Gasteiger partial charge in [0.05, 0.1) is 0 Å². The molecule has 1 fully saturated rings. The number of hydrogen-bond acceptors (Lipinski definition) is 3. The van der Waals surface area contributed by atoms with E-state index in [1.165, 1.54) is 12.8 Å². The molecule has 2 N–H and O–H groups in total. The molecule has 1 heterocycles. The second-order valence-corrected chi connectivity index (χ2v) is 5.85. The third kappa shape index (κ3) is 3.19. The molecule has 1 aliphatic carbocycles. The number of hydrogen-bond donors (Lipinski definition) is 1. The molecule has 2 rings (SSSR count). The van der Waals surface area contributed by atoms with E-state index in [9.17, 15) is 0 Å². The van der Waals surface area contributed by atoms with Gasteiger partial charge in [0.2, 0.25) is 0 Å². The molecule has 0 radical (unpaired) electrons. The van der Waals surface area contributed by atoms with Gasteiger partial charge in [-0.15, -0.1) is 0 Å². The van der Waals surface area contributed by atoms with Crippen molar-refractivity contribution < 1.29 is 0 Å². The minimum atomic E-state index is 0.442. The van der Waals surface area contributed by atoms with Crippen LogP contribution < -0.4 is 10.6 Å². The Balaban J connectivity index is 2.30. The lowest BCUT2D eigenvalue weighted by atomic mass is 10.2. The smallest absolute Gasteiger partial charge is 0.129 e. The van der Waals surface area contributed by atoms with E-state index >= 15 is 0 Å². The third-order valence-electron chi connectivity index (χ3n) is 3.29. The van der Waals surface area contributed by atoms with Crippen LogP contribution in [0, 0.1) is 12.8 Å². The fourth-order valence-corrected chi connectivity index (χ4v) is 2.21. The number of nitrogens with two attached hydrogens (primary N) is 1. The number of aromatic nitrogens is 1. The average molecular weight is 263 g/mol. The van der Waals surface area contributed by atoms with Crippen LogP contribution >= 0.6 is 12.2 Å². The fraction of sp³-hybridized carbons (Fsp3) is 0.571. The SMILES string of the molecule is Cc1cc(C(N)=S)cc(N(CC2CC2)C(C)C)n1.